The van der Waals surface area contributed by atoms with Crippen molar-refractivity contribution in [2.75, 3.05) is 4.90 Å². The van der Waals surface area contributed by atoms with E-state index in [1.165, 1.54) is 11.8 Å². The predicted octanol–water partition coefficient (Wildman–Crippen LogP) is 9.03. The summed E-state index contributed by atoms with van der Waals surface area (Å²) in [6.45, 7) is 0.288. The van der Waals surface area contributed by atoms with Gasteiger partial charge in [-0.1, -0.05) is 83.3 Å². The third kappa shape index (κ3) is 6.03. The van der Waals surface area contributed by atoms with Crippen LogP contribution in [0, 0.1) is 0 Å². The predicted molar refractivity (Wildman–Crippen MR) is 155 cm³/mol. The van der Waals surface area contributed by atoms with Crippen LogP contribution in [0.2, 0.25) is 15.1 Å². The first-order valence-corrected chi connectivity index (χ1v) is 13.2. The molecule has 1 aliphatic heterocycles. The molecule has 184 valence electrons. The van der Waals surface area contributed by atoms with Crippen molar-refractivity contribution in [1.82, 2.24) is 0 Å². The molecule has 37 heavy (non-hydrogen) atoms. The van der Waals surface area contributed by atoms with Gasteiger partial charge in [0.1, 0.15) is 6.61 Å². The van der Waals surface area contributed by atoms with Crippen LogP contribution in [0.25, 0.3) is 6.08 Å². The largest absolute Gasteiger partial charge is 0.486 e. The number of aliphatic imine (C=N–C) groups is 1. The van der Waals surface area contributed by atoms with Crippen LogP contribution in [0.5, 0.6) is 5.75 Å². The lowest BCUT2D eigenvalue weighted by atomic mass is 10.2. The number of carbonyl (C=O) groups excluding carboxylic acids is 1. The van der Waals surface area contributed by atoms with E-state index >= 15 is 0 Å². The summed E-state index contributed by atoms with van der Waals surface area (Å²) in [5.41, 5.74) is 3.11. The Balaban J connectivity index is 1.43. The normalized spacial score (nSPS) is 15.5. The Labute approximate surface area is 234 Å². The zero-order valence-corrected chi connectivity index (χ0v) is 22.4. The number of nitrogens with zero attached hydrogens (tertiary/aromatic N) is 2. The molecule has 0 aromatic heterocycles. The zero-order chi connectivity index (χ0) is 25.8. The van der Waals surface area contributed by atoms with Crippen molar-refractivity contribution in [2.24, 2.45) is 4.99 Å². The second-order valence-corrected chi connectivity index (χ2v) is 10.3. The van der Waals surface area contributed by atoms with E-state index in [4.69, 9.17) is 44.5 Å². The molecule has 0 aliphatic carbocycles. The highest BCUT2D eigenvalue weighted by Crippen LogP contribution is 2.40. The van der Waals surface area contributed by atoms with E-state index in [0.717, 1.165) is 16.9 Å². The highest BCUT2D eigenvalue weighted by molar-refractivity contribution is 8.19. The molecule has 1 heterocycles. The fourth-order valence-electron chi connectivity index (χ4n) is 3.65. The lowest BCUT2D eigenvalue weighted by Crippen LogP contribution is -2.28. The Kier molecular flexibility index (Phi) is 7.87. The maximum atomic E-state index is 13.5. The van der Waals surface area contributed by atoms with E-state index in [0.29, 0.717) is 36.5 Å². The SMILES string of the molecule is O=C1/C(=C\c2cc(Cl)c(OCc3ccc(Cl)cc3)c(Cl)c2)SC(=Nc2ccccc2)N1c1ccccc1. The Morgan fingerprint density at radius 2 is 1.46 bits per heavy atom. The van der Waals surface area contributed by atoms with Gasteiger partial charge in [0.2, 0.25) is 0 Å². The molecule has 1 aliphatic rings. The summed E-state index contributed by atoms with van der Waals surface area (Å²) in [6, 6.07) is 29.8. The monoisotopic (exact) mass is 564 g/mol. The van der Waals surface area contributed by atoms with Crippen LogP contribution in [0.1, 0.15) is 11.1 Å². The van der Waals surface area contributed by atoms with Crippen LogP contribution in [0.15, 0.2) is 107 Å². The summed E-state index contributed by atoms with van der Waals surface area (Å²) in [7, 11) is 0. The number of ether oxygens (including phenoxy) is 1. The van der Waals surface area contributed by atoms with E-state index in [-0.39, 0.29) is 12.5 Å². The number of anilines is 1. The van der Waals surface area contributed by atoms with Gasteiger partial charge in [0.05, 0.1) is 26.3 Å². The van der Waals surface area contributed by atoms with Crippen molar-refractivity contribution >= 4 is 75.1 Å². The molecule has 0 unspecified atom stereocenters. The van der Waals surface area contributed by atoms with Gasteiger partial charge in [0.15, 0.2) is 10.9 Å². The minimum atomic E-state index is -0.179. The first-order valence-electron chi connectivity index (χ1n) is 11.3. The van der Waals surface area contributed by atoms with Gasteiger partial charge in [-0.2, -0.15) is 0 Å². The summed E-state index contributed by atoms with van der Waals surface area (Å²) < 4.78 is 5.87. The van der Waals surface area contributed by atoms with Crippen LogP contribution < -0.4 is 9.64 Å². The van der Waals surface area contributed by atoms with Gasteiger partial charge < -0.3 is 4.74 Å². The van der Waals surface area contributed by atoms with Crippen molar-refractivity contribution in [2.45, 2.75) is 6.61 Å². The van der Waals surface area contributed by atoms with Crippen LogP contribution in [-0.2, 0) is 11.4 Å². The lowest BCUT2D eigenvalue weighted by Gasteiger charge is -2.15. The Hall–Kier alpha value is -3.22. The summed E-state index contributed by atoms with van der Waals surface area (Å²) in [6.07, 6.45) is 1.76. The molecule has 1 amide bonds. The van der Waals surface area contributed by atoms with Crippen LogP contribution >= 0.6 is 46.6 Å². The van der Waals surface area contributed by atoms with Gasteiger partial charge in [-0.05, 0) is 77.5 Å². The van der Waals surface area contributed by atoms with Gasteiger partial charge in [-0.3, -0.25) is 9.69 Å². The molecular weight excluding hydrogens is 547 g/mol. The van der Waals surface area contributed by atoms with E-state index in [2.05, 4.69) is 0 Å². The van der Waals surface area contributed by atoms with Crippen molar-refractivity contribution in [1.29, 1.82) is 0 Å². The number of rotatable bonds is 6. The summed E-state index contributed by atoms with van der Waals surface area (Å²) in [5.74, 6) is 0.198. The van der Waals surface area contributed by atoms with E-state index < -0.39 is 0 Å². The van der Waals surface area contributed by atoms with Crippen LogP contribution in [0.4, 0.5) is 11.4 Å². The molecule has 0 spiro atoms. The summed E-state index contributed by atoms with van der Waals surface area (Å²) in [4.78, 5) is 20.3. The second kappa shape index (κ2) is 11.4. The average molecular weight is 566 g/mol. The maximum Gasteiger partial charge on any atom is 0.271 e. The zero-order valence-electron chi connectivity index (χ0n) is 19.3. The van der Waals surface area contributed by atoms with Crippen molar-refractivity contribution in [3.63, 3.8) is 0 Å². The molecule has 0 bridgehead atoms. The number of benzene rings is 4. The number of amides is 1. The first-order chi connectivity index (χ1) is 18.0. The smallest absolute Gasteiger partial charge is 0.271 e. The van der Waals surface area contributed by atoms with Crippen molar-refractivity contribution in [3.8, 4) is 5.75 Å². The van der Waals surface area contributed by atoms with Crippen molar-refractivity contribution in [3.05, 3.63) is 128 Å². The molecule has 5 rings (SSSR count). The number of amidine groups is 1. The number of thioether (sulfide) groups is 1. The molecule has 0 saturated carbocycles. The molecule has 1 fully saturated rings. The Morgan fingerprint density at radius 1 is 0.838 bits per heavy atom. The summed E-state index contributed by atoms with van der Waals surface area (Å²) in [5, 5.41) is 1.91. The molecular formula is C29H19Cl3N2O2S. The van der Waals surface area contributed by atoms with E-state index in [1.807, 2.05) is 72.8 Å². The molecule has 0 radical (unpaired) electrons. The number of halogens is 3. The lowest BCUT2D eigenvalue weighted by molar-refractivity contribution is -0.113. The van der Waals surface area contributed by atoms with Gasteiger partial charge in [-0.15, -0.1) is 0 Å². The number of carbonyl (C=O) groups is 1. The van der Waals surface area contributed by atoms with Gasteiger partial charge in [0, 0.05) is 5.02 Å². The number of hydrogen-bond acceptors (Lipinski definition) is 4. The molecule has 4 aromatic carbocycles. The fourth-order valence-corrected chi connectivity index (χ4v) is 5.39. The van der Waals surface area contributed by atoms with E-state index in [1.54, 1.807) is 35.2 Å². The minimum absolute atomic E-state index is 0.179. The van der Waals surface area contributed by atoms with Gasteiger partial charge in [0.25, 0.3) is 5.91 Å². The van der Waals surface area contributed by atoms with Gasteiger partial charge in [-0.25, -0.2) is 4.99 Å². The molecule has 1 saturated heterocycles. The van der Waals surface area contributed by atoms with Gasteiger partial charge >= 0.3 is 0 Å². The third-order valence-electron chi connectivity index (χ3n) is 5.42. The molecule has 4 nitrogen and oxygen atoms in total. The Morgan fingerprint density at radius 3 is 2.11 bits per heavy atom. The quantitative estimate of drug-likeness (QED) is 0.219. The summed E-state index contributed by atoms with van der Waals surface area (Å²) >= 11 is 20.3. The number of hydrogen-bond donors (Lipinski definition) is 0. The molecule has 8 heteroatoms. The standard InChI is InChI=1S/C29H19Cl3N2O2S/c30-21-13-11-19(12-14-21)18-36-27-24(31)15-20(16-25(27)32)17-26-28(35)34(23-9-5-2-6-10-23)29(37-26)33-22-7-3-1-4-8-22/h1-17H,18H2/b26-17+,33-29?. The average Bonchev–Trinajstić information content (AvgIpc) is 3.19. The first kappa shape index (κ1) is 25.4. The highest BCUT2D eigenvalue weighted by Gasteiger charge is 2.34. The van der Waals surface area contributed by atoms with Crippen LogP contribution in [0.3, 0.4) is 0 Å². The third-order valence-corrected chi connectivity index (χ3v) is 7.20. The topological polar surface area (TPSA) is 41.9 Å². The highest BCUT2D eigenvalue weighted by atomic mass is 35.5. The molecule has 0 atom stereocenters. The minimum Gasteiger partial charge on any atom is -0.486 e. The molecule has 0 N–H and O–H groups in total. The molecule has 4 aromatic rings. The van der Waals surface area contributed by atoms with Crippen LogP contribution in [-0.4, -0.2) is 11.1 Å². The Bertz CT molecular complexity index is 1470. The number of para-hydroxylation sites is 2. The van der Waals surface area contributed by atoms with Crippen molar-refractivity contribution < 1.29 is 9.53 Å². The fraction of sp³-hybridized carbons (Fsp3) is 0.0345. The van der Waals surface area contributed by atoms with E-state index in [9.17, 15) is 4.79 Å². The second-order valence-electron chi connectivity index (χ2n) is 8.05. The maximum absolute atomic E-state index is 13.5.